The van der Waals surface area contributed by atoms with E-state index < -0.39 is 67.9 Å². The van der Waals surface area contributed by atoms with Crippen molar-refractivity contribution in [2.75, 3.05) is 33.5 Å². The number of methoxy groups -OCH3 is 2. The van der Waals surface area contributed by atoms with E-state index in [1.54, 1.807) is 65.3 Å². The predicted molar refractivity (Wildman–Crippen MR) is 223 cm³/mol. The molecule has 5 rings (SSSR count). The van der Waals surface area contributed by atoms with E-state index in [-0.39, 0.29) is 36.7 Å². The number of alkyl halides is 3. The summed E-state index contributed by atoms with van der Waals surface area (Å²) in [5.41, 5.74) is -3.36. The summed E-state index contributed by atoms with van der Waals surface area (Å²) in [6, 6.07) is 24.5. The summed E-state index contributed by atoms with van der Waals surface area (Å²) >= 11 is 0. The first-order valence-electron chi connectivity index (χ1n) is 19.7. The molecule has 2 heterocycles. The number of ether oxygens (including phenoxy) is 4. The maximum atomic E-state index is 14.0. The van der Waals surface area contributed by atoms with E-state index in [4.69, 9.17) is 23.5 Å². The van der Waals surface area contributed by atoms with Gasteiger partial charge in [-0.15, -0.1) is 0 Å². The van der Waals surface area contributed by atoms with Crippen molar-refractivity contribution in [3.63, 3.8) is 0 Å². The van der Waals surface area contributed by atoms with Crippen molar-refractivity contribution in [2.24, 2.45) is 0 Å². The van der Waals surface area contributed by atoms with Gasteiger partial charge in [-0.25, -0.2) is 0 Å². The Balaban J connectivity index is 1.79. The number of halogens is 3. The van der Waals surface area contributed by atoms with Gasteiger partial charge in [-0.1, -0.05) is 0 Å². The van der Waals surface area contributed by atoms with Crippen molar-refractivity contribution in [1.82, 2.24) is 19.5 Å². The van der Waals surface area contributed by atoms with Crippen LogP contribution >= 0.6 is 7.87 Å². The second-order valence-corrected chi connectivity index (χ2v) is 18.2. The Morgan fingerprint density at radius 3 is 2.02 bits per heavy atom. The van der Waals surface area contributed by atoms with E-state index in [0.29, 0.717) is 28.2 Å². The Bertz CT molecular complexity index is 2210. The number of nitriles is 1. The zero-order valence-electron chi connectivity index (χ0n) is 35.1. The Kier molecular flexibility index (Phi) is 14.9. The molecule has 1 fully saturated rings. The van der Waals surface area contributed by atoms with Gasteiger partial charge in [0.2, 0.25) is 0 Å². The van der Waals surface area contributed by atoms with Crippen molar-refractivity contribution in [3.05, 3.63) is 128 Å². The Hall–Kier alpha value is -5.08. The fourth-order valence-electron chi connectivity index (χ4n) is 7.99. The number of aromatic amines is 1. The van der Waals surface area contributed by atoms with Gasteiger partial charge in [-0.2, -0.15) is 0 Å². The predicted octanol–water partition coefficient (Wildman–Crippen LogP) is 6.11. The van der Waals surface area contributed by atoms with Gasteiger partial charge >= 0.3 is 353 Å². The molecule has 3 aromatic carbocycles. The van der Waals surface area contributed by atoms with Gasteiger partial charge in [-0.3, -0.25) is 0 Å². The number of aryl methyl sites for hydroxylation is 1. The average molecular weight is 872 g/mol. The minimum absolute atomic E-state index is 0.129. The van der Waals surface area contributed by atoms with E-state index >= 15 is 0 Å². The fraction of sp³-hybridized carbons (Fsp3) is 0.442. The topological polar surface area (TPSA) is 177 Å². The number of carbonyl (C=O) groups excluding carboxylic acids is 1. The number of nitrogens with zero attached hydrogens (tertiary/aromatic N) is 3. The third-order valence-corrected chi connectivity index (χ3v) is 14.2. The molecule has 1 aliphatic rings. The first kappa shape index (κ1) is 47.0. The van der Waals surface area contributed by atoms with E-state index in [2.05, 4.69) is 11.1 Å². The van der Waals surface area contributed by atoms with Crippen LogP contribution in [0, 0.1) is 18.3 Å². The molecule has 0 radical (unpaired) electrons. The molecular weight excluding hydrogens is 818 g/mol. The monoisotopic (exact) mass is 871 g/mol. The molecule has 61 heavy (non-hydrogen) atoms. The molecule has 0 unspecified atom stereocenters. The summed E-state index contributed by atoms with van der Waals surface area (Å²) < 4.78 is 76.4. The molecule has 3 N–H and O–H groups in total. The molecule has 1 aliphatic heterocycles. The van der Waals surface area contributed by atoms with Crippen LogP contribution in [0.1, 0.15) is 69.0 Å². The van der Waals surface area contributed by atoms with Crippen LogP contribution in [-0.2, 0) is 24.4 Å². The molecule has 1 amide bonds. The van der Waals surface area contributed by atoms with E-state index in [0.717, 1.165) is 4.57 Å². The molecule has 0 aliphatic carbocycles. The van der Waals surface area contributed by atoms with Crippen molar-refractivity contribution in [2.45, 2.75) is 89.3 Å². The van der Waals surface area contributed by atoms with Crippen LogP contribution in [0.2, 0.25) is 0 Å². The Morgan fingerprint density at radius 1 is 0.984 bits per heavy atom. The summed E-state index contributed by atoms with van der Waals surface area (Å²) in [7, 11) is -1.22. The van der Waals surface area contributed by atoms with E-state index in [9.17, 15) is 37.7 Å². The Labute approximate surface area is 352 Å². The van der Waals surface area contributed by atoms with Crippen LogP contribution in [0.4, 0.5) is 13.2 Å². The second-order valence-electron chi connectivity index (χ2n) is 15.4. The first-order chi connectivity index (χ1) is 28.8. The molecule has 0 spiro atoms. The number of hydrogen-bond acceptors (Lipinski definition) is 11. The number of benzene rings is 3. The summed E-state index contributed by atoms with van der Waals surface area (Å²) in [6.45, 7) is 7.30. The number of hydrogen-bond donors (Lipinski definition) is 3. The van der Waals surface area contributed by atoms with Crippen LogP contribution in [-0.4, -0.2) is 88.5 Å². The molecule has 4 aromatic rings. The van der Waals surface area contributed by atoms with Crippen LogP contribution < -0.4 is 26.0 Å². The number of nitrogens with one attached hydrogen (secondary N) is 2. The summed E-state index contributed by atoms with van der Waals surface area (Å²) in [6.07, 6.45) is -7.31. The van der Waals surface area contributed by atoms with Gasteiger partial charge in [0.25, 0.3) is 0 Å². The van der Waals surface area contributed by atoms with Gasteiger partial charge in [0, 0.05) is 0 Å². The molecule has 330 valence electrons. The standard InChI is InChI=1S/C43H53F3N5O9P/c1-28(2)51(29(3)4)61(55,23-11-22-47)60-36-24-37(50-25-30(5)38(52)49-40(50)54)59-41(36,26-48-39(53)43(44,45)46)27-58-42(31-12-9-8-10-13-31,32-14-18-34(56-6)19-15-32)33-16-20-35(57-7)21-17-33/h8-10,12-21,25,28-29,36-37,55,61H,11,23-24,26-27H2,1-7H3,(H,48,53)(H,49,52,54)/t36-,37+,41+/m0/s1. The van der Waals surface area contributed by atoms with Crippen LogP contribution in [0.5, 0.6) is 11.5 Å². The molecule has 18 heteroatoms. The van der Waals surface area contributed by atoms with Crippen molar-refractivity contribution >= 4 is 13.8 Å². The number of carbonyl (C=O) groups is 1. The van der Waals surface area contributed by atoms with E-state index in [1.807, 2.05) is 51.2 Å². The number of rotatable bonds is 18. The zero-order chi connectivity index (χ0) is 44.8. The van der Waals surface area contributed by atoms with Gasteiger partial charge in [0.15, 0.2) is 0 Å². The van der Waals surface area contributed by atoms with Gasteiger partial charge in [0.05, 0.1) is 0 Å². The van der Waals surface area contributed by atoms with E-state index in [1.165, 1.54) is 27.3 Å². The molecule has 0 saturated carbocycles. The molecule has 3 atom stereocenters. The molecule has 0 bridgehead atoms. The molecule has 14 nitrogen and oxygen atoms in total. The average Bonchev–Trinajstić information content (AvgIpc) is 3.57. The summed E-state index contributed by atoms with van der Waals surface area (Å²) in [5.74, 6) is -1.21. The summed E-state index contributed by atoms with van der Waals surface area (Å²) in [4.78, 5) is 53.5. The van der Waals surface area contributed by atoms with Gasteiger partial charge < -0.3 is 0 Å². The van der Waals surface area contributed by atoms with Gasteiger partial charge in [-0.05, 0) is 0 Å². The normalized spacial score (nSPS) is 18.6. The number of aromatic nitrogens is 2. The molecule has 1 saturated heterocycles. The third kappa shape index (κ3) is 10.2. The van der Waals surface area contributed by atoms with Crippen molar-refractivity contribution in [1.29, 1.82) is 5.26 Å². The Morgan fingerprint density at radius 2 is 1.52 bits per heavy atom. The van der Waals surface area contributed by atoms with Crippen molar-refractivity contribution in [3.8, 4) is 17.6 Å². The number of H-pyrrole nitrogens is 1. The van der Waals surface area contributed by atoms with Crippen molar-refractivity contribution < 1.29 is 46.3 Å². The van der Waals surface area contributed by atoms with Crippen LogP contribution in [0.3, 0.4) is 0 Å². The first-order valence-corrected chi connectivity index (χ1v) is 21.7. The fourth-order valence-corrected chi connectivity index (χ4v) is 11.3. The second kappa shape index (κ2) is 19.3. The van der Waals surface area contributed by atoms with Crippen LogP contribution in [0.15, 0.2) is 94.6 Å². The quantitative estimate of drug-likeness (QED) is 0.0777. The maximum absolute atomic E-state index is 14.0. The number of amides is 1. The zero-order valence-corrected chi connectivity index (χ0v) is 36.1. The third-order valence-electron chi connectivity index (χ3n) is 10.8. The molecular formula is C43H53F3N5O9P. The SMILES string of the molecule is COc1ccc(C(OC[C@@]2(CNC(=O)C(F)(F)F)O[C@@H](n3cc(C)c(=O)[nH]c3=O)C[C@@H]2O[PH](O)(CCC#N)N(C(C)C)C(C)C)(c2ccccc2)c2ccc(OC)cc2)cc1. The van der Waals surface area contributed by atoms with Gasteiger partial charge in [0.1, 0.15) is 0 Å². The van der Waals surface area contributed by atoms with Crippen LogP contribution in [0.25, 0.3) is 0 Å². The minimum atomic E-state index is -5.31. The molecule has 1 aromatic heterocycles. The summed E-state index contributed by atoms with van der Waals surface area (Å²) in [5, 5.41) is 11.7.